The number of benzene rings is 1. The monoisotopic (exact) mass is 298 g/mol. The fraction of sp³-hybridized carbons (Fsp3) is 0.176. The van der Waals surface area contributed by atoms with Crippen LogP contribution in [-0.2, 0) is 4.79 Å². The maximum absolute atomic E-state index is 11.6. The van der Waals surface area contributed by atoms with Crippen LogP contribution < -0.4 is 5.32 Å². The van der Waals surface area contributed by atoms with E-state index in [1.54, 1.807) is 30.2 Å². The molecule has 0 aliphatic rings. The second-order valence-corrected chi connectivity index (χ2v) is 5.74. The standard InChI is InChI=1S/C17H18N2OS/c1-14-4-7-16(8-5-14)21-12-11-19-17(20)9-6-15-3-2-10-18-13-15/h2-10,13H,11-12H2,1H3,(H,19,20)/b9-6+. The molecule has 1 heterocycles. The summed E-state index contributed by atoms with van der Waals surface area (Å²) in [6, 6.07) is 12.1. The van der Waals surface area contributed by atoms with Gasteiger partial charge in [0.05, 0.1) is 0 Å². The van der Waals surface area contributed by atoms with Crippen molar-refractivity contribution in [3.8, 4) is 0 Å². The van der Waals surface area contributed by atoms with Crippen molar-refractivity contribution in [2.24, 2.45) is 0 Å². The molecular formula is C17H18N2OS. The van der Waals surface area contributed by atoms with E-state index >= 15 is 0 Å². The Labute approximate surface area is 129 Å². The summed E-state index contributed by atoms with van der Waals surface area (Å²) in [7, 11) is 0. The van der Waals surface area contributed by atoms with Crippen LogP contribution in [0.4, 0.5) is 0 Å². The third kappa shape index (κ3) is 5.83. The van der Waals surface area contributed by atoms with Gasteiger partial charge in [-0.25, -0.2) is 0 Å². The van der Waals surface area contributed by atoms with E-state index in [2.05, 4.69) is 41.5 Å². The van der Waals surface area contributed by atoms with Gasteiger partial charge in [0.1, 0.15) is 0 Å². The number of aromatic nitrogens is 1. The van der Waals surface area contributed by atoms with Crippen LogP contribution in [0.25, 0.3) is 6.08 Å². The van der Waals surface area contributed by atoms with Crippen LogP contribution >= 0.6 is 11.8 Å². The van der Waals surface area contributed by atoms with Crippen LogP contribution in [-0.4, -0.2) is 23.2 Å². The summed E-state index contributed by atoms with van der Waals surface area (Å²) >= 11 is 1.74. The number of carbonyl (C=O) groups excluding carboxylic acids is 1. The van der Waals surface area contributed by atoms with Crippen LogP contribution in [0.3, 0.4) is 0 Å². The van der Waals surface area contributed by atoms with Gasteiger partial charge in [0.15, 0.2) is 0 Å². The molecule has 1 amide bonds. The molecule has 1 aromatic heterocycles. The van der Waals surface area contributed by atoms with Gasteiger partial charge in [-0.15, -0.1) is 11.8 Å². The summed E-state index contributed by atoms with van der Waals surface area (Å²) in [6.07, 6.45) is 6.72. The van der Waals surface area contributed by atoms with Crippen LogP contribution in [0.2, 0.25) is 0 Å². The minimum atomic E-state index is -0.0802. The highest BCUT2D eigenvalue weighted by molar-refractivity contribution is 7.99. The van der Waals surface area contributed by atoms with E-state index in [0.29, 0.717) is 6.54 Å². The first kappa shape index (κ1) is 15.3. The van der Waals surface area contributed by atoms with Crippen molar-refractivity contribution >= 4 is 23.7 Å². The lowest BCUT2D eigenvalue weighted by molar-refractivity contribution is -0.116. The molecule has 108 valence electrons. The zero-order valence-electron chi connectivity index (χ0n) is 12.0. The number of amides is 1. The van der Waals surface area contributed by atoms with E-state index in [4.69, 9.17) is 0 Å². The molecule has 0 saturated carbocycles. The quantitative estimate of drug-likeness (QED) is 0.505. The molecule has 2 rings (SSSR count). The van der Waals surface area contributed by atoms with Crippen molar-refractivity contribution in [3.05, 3.63) is 66.0 Å². The predicted octanol–water partition coefficient (Wildman–Crippen LogP) is 3.31. The Hall–Kier alpha value is -2.07. The van der Waals surface area contributed by atoms with Gasteiger partial charge < -0.3 is 5.32 Å². The summed E-state index contributed by atoms with van der Waals surface area (Å²) in [6.45, 7) is 2.72. The summed E-state index contributed by atoms with van der Waals surface area (Å²) in [5.41, 5.74) is 2.18. The number of hydrogen-bond donors (Lipinski definition) is 1. The van der Waals surface area contributed by atoms with Crippen molar-refractivity contribution in [1.82, 2.24) is 10.3 Å². The molecule has 21 heavy (non-hydrogen) atoms. The van der Waals surface area contributed by atoms with E-state index in [0.717, 1.165) is 11.3 Å². The molecule has 0 bridgehead atoms. The number of aryl methyl sites for hydroxylation is 1. The average Bonchev–Trinajstić information content (AvgIpc) is 2.52. The molecular weight excluding hydrogens is 280 g/mol. The third-order valence-electron chi connectivity index (χ3n) is 2.80. The van der Waals surface area contributed by atoms with Gasteiger partial charge in [-0.05, 0) is 36.8 Å². The van der Waals surface area contributed by atoms with E-state index in [-0.39, 0.29) is 5.91 Å². The number of rotatable bonds is 6. The molecule has 0 radical (unpaired) electrons. The highest BCUT2D eigenvalue weighted by Gasteiger charge is 1.97. The van der Waals surface area contributed by atoms with E-state index < -0.39 is 0 Å². The molecule has 0 spiro atoms. The Kier molecular flexibility index (Phi) is 6.03. The van der Waals surface area contributed by atoms with Gasteiger partial charge in [-0.3, -0.25) is 9.78 Å². The molecule has 0 saturated heterocycles. The molecule has 0 fully saturated rings. The van der Waals surface area contributed by atoms with Crippen molar-refractivity contribution in [1.29, 1.82) is 0 Å². The van der Waals surface area contributed by atoms with Crippen LogP contribution in [0, 0.1) is 6.92 Å². The Morgan fingerprint density at radius 3 is 2.81 bits per heavy atom. The summed E-state index contributed by atoms with van der Waals surface area (Å²) in [5.74, 6) is 0.776. The van der Waals surface area contributed by atoms with Gasteiger partial charge in [-0.1, -0.05) is 23.8 Å². The SMILES string of the molecule is Cc1ccc(SCCNC(=O)/C=C/c2cccnc2)cc1. The zero-order chi connectivity index (χ0) is 14.9. The molecule has 0 atom stereocenters. The minimum absolute atomic E-state index is 0.0802. The Morgan fingerprint density at radius 1 is 1.29 bits per heavy atom. The summed E-state index contributed by atoms with van der Waals surface area (Å²) < 4.78 is 0. The molecule has 4 heteroatoms. The largest absolute Gasteiger partial charge is 0.352 e. The average molecular weight is 298 g/mol. The first-order valence-electron chi connectivity index (χ1n) is 6.79. The molecule has 2 aromatic rings. The van der Waals surface area contributed by atoms with Crippen molar-refractivity contribution in [3.63, 3.8) is 0 Å². The molecule has 0 aliphatic carbocycles. The number of pyridine rings is 1. The van der Waals surface area contributed by atoms with Gasteiger partial charge in [0.2, 0.25) is 5.91 Å². The molecule has 0 aliphatic heterocycles. The van der Waals surface area contributed by atoms with Crippen molar-refractivity contribution in [2.75, 3.05) is 12.3 Å². The summed E-state index contributed by atoms with van der Waals surface area (Å²) in [4.78, 5) is 16.9. The maximum atomic E-state index is 11.6. The van der Waals surface area contributed by atoms with E-state index in [1.165, 1.54) is 16.5 Å². The second kappa shape index (κ2) is 8.27. The van der Waals surface area contributed by atoms with Crippen molar-refractivity contribution < 1.29 is 4.79 Å². The van der Waals surface area contributed by atoms with E-state index in [1.807, 2.05) is 12.1 Å². The van der Waals surface area contributed by atoms with Gasteiger partial charge in [-0.2, -0.15) is 0 Å². The Bertz CT molecular complexity index is 594. The zero-order valence-corrected chi connectivity index (χ0v) is 12.8. The molecule has 0 unspecified atom stereocenters. The number of carbonyl (C=O) groups is 1. The first-order chi connectivity index (χ1) is 10.2. The number of nitrogens with one attached hydrogen (secondary N) is 1. The lowest BCUT2D eigenvalue weighted by atomic mass is 10.2. The molecule has 1 aromatic carbocycles. The predicted molar refractivity (Wildman–Crippen MR) is 88.2 cm³/mol. The van der Waals surface area contributed by atoms with Crippen LogP contribution in [0.5, 0.6) is 0 Å². The lowest BCUT2D eigenvalue weighted by Crippen LogP contribution is -2.23. The lowest BCUT2D eigenvalue weighted by Gasteiger charge is -2.03. The normalized spacial score (nSPS) is 10.7. The van der Waals surface area contributed by atoms with Crippen LogP contribution in [0.15, 0.2) is 59.8 Å². The minimum Gasteiger partial charge on any atom is -0.352 e. The second-order valence-electron chi connectivity index (χ2n) is 4.57. The highest BCUT2D eigenvalue weighted by atomic mass is 32.2. The smallest absolute Gasteiger partial charge is 0.244 e. The van der Waals surface area contributed by atoms with Gasteiger partial charge in [0.25, 0.3) is 0 Å². The van der Waals surface area contributed by atoms with E-state index in [9.17, 15) is 4.79 Å². The number of nitrogens with zero attached hydrogens (tertiary/aromatic N) is 1. The highest BCUT2D eigenvalue weighted by Crippen LogP contribution is 2.17. The first-order valence-corrected chi connectivity index (χ1v) is 7.78. The molecule has 3 nitrogen and oxygen atoms in total. The third-order valence-corrected chi connectivity index (χ3v) is 3.82. The Balaban J connectivity index is 1.67. The number of thioether (sulfide) groups is 1. The fourth-order valence-corrected chi connectivity index (χ4v) is 2.45. The Morgan fingerprint density at radius 2 is 2.10 bits per heavy atom. The van der Waals surface area contributed by atoms with Gasteiger partial charge >= 0.3 is 0 Å². The molecule has 1 N–H and O–H groups in total. The van der Waals surface area contributed by atoms with Gasteiger partial charge in [0, 0.05) is 35.7 Å². The summed E-state index contributed by atoms with van der Waals surface area (Å²) in [5, 5.41) is 2.87. The van der Waals surface area contributed by atoms with Crippen molar-refractivity contribution in [2.45, 2.75) is 11.8 Å². The maximum Gasteiger partial charge on any atom is 0.244 e. The number of hydrogen-bond acceptors (Lipinski definition) is 3. The fourth-order valence-electron chi connectivity index (χ4n) is 1.68. The van der Waals surface area contributed by atoms with Crippen LogP contribution in [0.1, 0.15) is 11.1 Å². The topological polar surface area (TPSA) is 42.0 Å².